The monoisotopic (exact) mass is 463 g/mol. The molecule has 1 amide bonds. The van der Waals surface area contributed by atoms with E-state index in [1.165, 1.54) is 14.0 Å². The number of aromatic amines is 1. The largest absolute Gasteiger partial charge is 0.465 e. The van der Waals surface area contributed by atoms with Crippen LogP contribution in [-0.2, 0) is 16.0 Å². The van der Waals surface area contributed by atoms with Crippen molar-refractivity contribution in [3.05, 3.63) is 87.2 Å². The van der Waals surface area contributed by atoms with E-state index in [4.69, 9.17) is 16.3 Å². The molecule has 1 heterocycles. The quantitative estimate of drug-likeness (QED) is 0.386. The molecule has 0 aliphatic rings. The van der Waals surface area contributed by atoms with Crippen LogP contribution in [0.3, 0.4) is 0 Å². The third kappa shape index (κ3) is 5.13. The number of rotatable bonds is 7. The number of halogens is 1. The third-order valence-corrected chi connectivity index (χ3v) is 5.59. The van der Waals surface area contributed by atoms with Crippen molar-refractivity contribution >= 4 is 34.9 Å². The van der Waals surface area contributed by atoms with Gasteiger partial charge < -0.3 is 15.0 Å². The second-order valence-corrected chi connectivity index (χ2v) is 7.87. The summed E-state index contributed by atoms with van der Waals surface area (Å²) in [5, 5.41) is 12.7. The molecule has 2 aromatic carbocycles. The van der Waals surface area contributed by atoms with Crippen LogP contribution in [0.4, 0.5) is 5.69 Å². The smallest absolute Gasteiger partial charge is 0.339 e. The zero-order valence-corrected chi connectivity index (χ0v) is 19.1. The molecule has 2 N–H and O–H groups in total. The van der Waals surface area contributed by atoms with Crippen LogP contribution >= 0.6 is 11.6 Å². The van der Waals surface area contributed by atoms with Gasteiger partial charge in [-0.25, -0.2) is 4.79 Å². The number of carbonyl (C=O) groups excluding carboxylic acids is 3. The molecule has 0 saturated heterocycles. The molecular weight excluding hydrogens is 442 g/mol. The Hall–Kier alpha value is -3.89. The number of nitrogens with zero attached hydrogens (tertiary/aromatic N) is 1. The highest BCUT2D eigenvalue weighted by Gasteiger charge is 2.24. The fourth-order valence-corrected chi connectivity index (χ4v) is 3.98. The second kappa shape index (κ2) is 10.2. The number of carbonyl (C=O) groups is 3. The van der Waals surface area contributed by atoms with Crippen LogP contribution in [0.2, 0.25) is 5.02 Å². The minimum absolute atomic E-state index is 0.172. The fourth-order valence-electron chi connectivity index (χ4n) is 3.70. The van der Waals surface area contributed by atoms with Gasteiger partial charge in [0.25, 0.3) is 0 Å². The number of nitriles is 1. The Morgan fingerprint density at radius 1 is 1.18 bits per heavy atom. The van der Waals surface area contributed by atoms with E-state index >= 15 is 0 Å². The predicted octanol–water partition coefficient (Wildman–Crippen LogP) is 4.80. The lowest BCUT2D eigenvalue weighted by Crippen LogP contribution is -2.17. The van der Waals surface area contributed by atoms with Crippen LogP contribution in [0.25, 0.3) is 0 Å². The molecule has 33 heavy (non-hydrogen) atoms. The van der Waals surface area contributed by atoms with Crippen LogP contribution in [0.5, 0.6) is 0 Å². The molecule has 1 unspecified atom stereocenters. The summed E-state index contributed by atoms with van der Waals surface area (Å²) in [4.78, 5) is 39.6. The van der Waals surface area contributed by atoms with Crippen LogP contribution < -0.4 is 5.32 Å². The third-order valence-electron chi connectivity index (χ3n) is 5.26. The topological polar surface area (TPSA) is 112 Å². The maximum atomic E-state index is 12.7. The Morgan fingerprint density at radius 2 is 1.88 bits per heavy atom. The normalized spacial score (nSPS) is 11.4. The Bertz CT molecular complexity index is 1260. The Balaban J connectivity index is 1.81. The number of ether oxygens (including phenoxy) is 1. The molecule has 0 aliphatic heterocycles. The van der Waals surface area contributed by atoms with Gasteiger partial charge in [0.05, 0.1) is 36.8 Å². The fraction of sp³-hybridized carbons (Fsp3) is 0.200. The number of H-pyrrole nitrogens is 1. The highest BCUT2D eigenvalue weighted by atomic mass is 35.5. The molecule has 8 heteroatoms. The number of aromatic nitrogens is 1. The van der Waals surface area contributed by atoms with Crippen molar-refractivity contribution < 1.29 is 19.1 Å². The van der Waals surface area contributed by atoms with Crippen LogP contribution in [-0.4, -0.2) is 29.8 Å². The number of anilines is 1. The minimum atomic E-state index is -0.630. The summed E-state index contributed by atoms with van der Waals surface area (Å²) < 4.78 is 4.80. The minimum Gasteiger partial charge on any atom is -0.465 e. The summed E-state index contributed by atoms with van der Waals surface area (Å²) in [7, 11) is 1.24. The van der Waals surface area contributed by atoms with Crippen molar-refractivity contribution in [3.8, 4) is 6.07 Å². The first-order chi connectivity index (χ1) is 15.8. The predicted molar refractivity (Wildman–Crippen MR) is 125 cm³/mol. The molecule has 0 bridgehead atoms. The number of amides is 1. The number of benzene rings is 2. The maximum Gasteiger partial charge on any atom is 0.339 e. The summed E-state index contributed by atoms with van der Waals surface area (Å²) >= 11 is 6.43. The van der Waals surface area contributed by atoms with Gasteiger partial charge >= 0.3 is 5.97 Å². The van der Waals surface area contributed by atoms with E-state index in [2.05, 4.69) is 16.4 Å². The van der Waals surface area contributed by atoms with Gasteiger partial charge in [-0.05, 0) is 35.7 Å². The lowest BCUT2D eigenvalue weighted by atomic mass is 9.92. The zero-order chi connectivity index (χ0) is 24.1. The molecule has 0 aliphatic carbocycles. The van der Waals surface area contributed by atoms with E-state index < -0.39 is 17.8 Å². The SMILES string of the molecule is COC(=O)c1c(CC(=O)Nc2ccc(C(C#N)c3ccccc3)c(Cl)c2)[nH]c(C(C)=O)c1C. The van der Waals surface area contributed by atoms with Crippen molar-refractivity contribution in [3.63, 3.8) is 0 Å². The number of esters is 1. The number of Topliss-reactive ketones (excluding diaryl/α,β-unsaturated/α-hetero) is 1. The molecule has 1 aromatic heterocycles. The molecule has 168 valence electrons. The van der Waals surface area contributed by atoms with Gasteiger partial charge in [0.15, 0.2) is 5.78 Å². The van der Waals surface area contributed by atoms with Gasteiger partial charge in [0.2, 0.25) is 5.91 Å². The summed E-state index contributed by atoms with van der Waals surface area (Å²) in [6, 6.07) is 16.5. The lowest BCUT2D eigenvalue weighted by molar-refractivity contribution is -0.115. The van der Waals surface area contributed by atoms with Crippen LogP contribution in [0, 0.1) is 18.3 Å². The maximum absolute atomic E-state index is 12.7. The Labute approximate surface area is 196 Å². The van der Waals surface area contributed by atoms with E-state index in [9.17, 15) is 19.6 Å². The first kappa shape index (κ1) is 23.8. The number of nitrogens with one attached hydrogen (secondary N) is 2. The average molecular weight is 464 g/mol. The van der Waals surface area contributed by atoms with Crippen molar-refractivity contribution in [2.75, 3.05) is 12.4 Å². The highest BCUT2D eigenvalue weighted by Crippen LogP contribution is 2.32. The summed E-state index contributed by atoms with van der Waals surface area (Å²) in [6.45, 7) is 3.00. The van der Waals surface area contributed by atoms with Gasteiger partial charge in [-0.3, -0.25) is 9.59 Å². The van der Waals surface area contributed by atoms with Gasteiger partial charge in [-0.1, -0.05) is 48.0 Å². The van der Waals surface area contributed by atoms with E-state index in [-0.39, 0.29) is 23.5 Å². The molecule has 3 rings (SSSR count). The van der Waals surface area contributed by atoms with Crippen molar-refractivity contribution in [1.29, 1.82) is 5.26 Å². The van der Waals surface area contributed by atoms with Crippen LogP contribution in [0.15, 0.2) is 48.5 Å². The molecule has 3 aromatic rings. The van der Waals surface area contributed by atoms with E-state index in [0.717, 1.165) is 5.56 Å². The zero-order valence-electron chi connectivity index (χ0n) is 18.4. The molecule has 0 spiro atoms. The average Bonchev–Trinajstić information content (AvgIpc) is 3.11. The van der Waals surface area contributed by atoms with Gasteiger partial charge in [0, 0.05) is 23.3 Å². The molecule has 0 fully saturated rings. The molecule has 0 radical (unpaired) electrons. The van der Waals surface area contributed by atoms with E-state index in [1.54, 1.807) is 25.1 Å². The van der Waals surface area contributed by atoms with E-state index in [0.29, 0.717) is 27.5 Å². The molecule has 0 saturated carbocycles. The van der Waals surface area contributed by atoms with Crippen molar-refractivity contribution in [2.45, 2.75) is 26.2 Å². The number of hydrogen-bond donors (Lipinski definition) is 2. The van der Waals surface area contributed by atoms with E-state index in [1.807, 2.05) is 30.3 Å². The number of hydrogen-bond acceptors (Lipinski definition) is 5. The first-order valence-corrected chi connectivity index (χ1v) is 10.5. The van der Waals surface area contributed by atoms with Crippen molar-refractivity contribution in [2.24, 2.45) is 0 Å². The molecule has 7 nitrogen and oxygen atoms in total. The summed E-state index contributed by atoms with van der Waals surface area (Å²) in [5.74, 6) is -1.84. The lowest BCUT2D eigenvalue weighted by Gasteiger charge is -2.13. The number of methoxy groups -OCH3 is 1. The second-order valence-electron chi connectivity index (χ2n) is 7.46. The first-order valence-electron chi connectivity index (χ1n) is 10.1. The van der Waals surface area contributed by atoms with Crippen molar-refractivity contribution in [1.82, 2.24) is 4.98 Å². The summed E-state index contributed by atoms with van der Waals surface area (Å²) in [5.41, 5.74) is 3.04. The molecular formula is C25H22ClN3O4. The Morgan fingerprint density at radius 3 is 2.45 bits per heavy atom. The van der Waals surface area contributed by atoms with Gasteiger partial charge in [-0.2, -0.15) is 5.26 Å². The molecule has 1 atom stereocenters. The Kier molecular flexibility index (Phi) is 7.31. The standard InChI is InChI=1S/C25H22ClN3O4/c1-14-23(25(32)33-3)21(29-24(14)15(2)30)12-22(31)28-17-9-10-18(20(26)11-17)19(13-27)16-7-5-4-6-8-16/h4-11,19,29H,12H2,1-3H3,(H,28,31). The highest BCUT2D eigenvalue weighted by molar-refractivity contribution is 6.31. The van der Waals surface area contributed by atoms with Crippen LogP contribution in [0.1, 0.15) is 56.1 Å². The number of ketones is 1. The van der Waals surface area contributed by atoms with Gasteiger partial charge in [-0.15, -0.1) is 0 Å². The summed E-state index contributed by atoms with van der Waals surface area (Å²) in [6.07, 6.45) is -0.178. The van der Waals surface area contributed by atoms with Gasteiger partial charge in [0.1, 0.15) is 0 Å².